The van der Waals surface area contributed by atoms with Gasteiger partial charge in [0, 0.05) is 11.8 Å². The Bertz CT molecular complexity index is 1020. The van der Waals surface area contributed by atoms with E-state index in [0.717, 1.165) is 10.6 Å². The lowest BCUT2D eigenvalue weighted by Gasteiger charge is -2.14. The van der Waals surface area contributed by atoms with Crippen molar-refractivity contribution in [2.24, 2.45) is 0 Å². The van der Waals surface area contributed by atoms with Crippen LogP contribution in [0, 0.1) is 6.92 Å². The zero-order chi connectivity index (χ0) is 18.7. The molecule has 2 N–H and O–H groups in total. The Kier molecular flexibility index (Phi) is 5.35. The van der Waals surface area contributed by atoms with Crippen LogP contribution in [-0.2, 0) is 11.3 Å². The van der Waals surface area contributed by atoms with Crippen LogP contribution in [0.3, 0.4) is 0 Å². The summed E-state index contributed by atoms with van der Waals surface area (Å²) in [6.45, 7) is 2.57. The molecule has 0 aliphatic carbocycles. The number of anilines is 1. The Balaban J connectivity index is 1.69. The van der Waals surface area contributed by atoms with E-state index < -0.39 is 0 Å². The molecule has 0 radical (unpaired) electrons. The molecule has 3 aromatic rings. The number of aryl methyl sites for hydroxylation is 1. The molecule has 0 saturated heterocycles. The number of hydrogen-bond acceptors (Lipinski definition) is 3. The fourth-order valence-corrected chi connectivity index (χ4v) is 3.04. The highest BCUT2D eigenvalue weighted by Crippen LogP contribution is 2.19. The summed E-state index contributed by atoms with van der Waals surface area (Å²) in [5.41, 5.74) is 2.58. The maximum Gasteiger partial charge on any atom is 0.279 e. The molecule has 7 heteroatoms. The summed E-state index contributed by atoms with van der Waals surface area (Å²) in [5, 5.41) is 3.30. The van der Waals surface area contributed by atoms with E-state index in [1.807, 2.05) is 32.2 Å². The zero-order valence-corrected chi connectivity index (χ0v) is 15.4. The molecule has 0 bridgehead atoms. The molecule has 1 aromatic carbocycles. The average molecular weight is 372 g/mol. The molecule has 0 aliphatic rings. The number of rotatable bonds is 5. The van der Waals surface area contributed by atoms with E-state index in [9.17, 15) is 9.59 Å². The van der Waals surface area contributed by atoms with E-state index in [1.165, 1.54) is 6.07 Å². The standard InChI is InChI=1S/C19H19ClN4O2/c1-13-6-5-9-17-21-14(10-19(26)24(13)17)11-23(2)12-18(25)22-16-8-4-3-7-15(16)20/h3-10H,11-12H2,1-2H3,(H,22,25)/p+1. The Morgan fingerprint density at radius 1 is 1.23 bits per heavy atom. The highest BCUT2D eigenvalue weighted by Gasteiger charge is 2.14. The number of nitrogens with one attached hydrogen (secondary N) is 2. The number of benzene rings is 1. The van der Waals surface area contributed by atoms with Gasteiger partial charge in [0.25, 0.3) is 11.5 Å². The predicted octanol–water partition coefficient (Wildman–Crippen LogP) is 1.31. The molecule has 1 amide bonds. The van der Waals surface area contributed by atoms with Crippen molar-refractivity contribution in [2.45, 2.75) is 13.5 Å². The lowest BCUT2D eigenvalue weighted by molar-refractivity contribution is -0.885. The third kappa shape index (κ3) is 4.09. The topological polar surface area (TPSA) is 67.9 Å². The highest BCUT2D eigenvalue weighted by molar-refractivity contribution is 6.33. The van der Waals surface area contributed by atoms with Crippen LogP contribution in [0.15, 0.2) is 53.3 Å². The van der Waals surface area contributed by atoms with Gasteiger partial charge in [-0.25, -0.2) is 4.98 Å². The van der Waals surface area contributed by atoms with Crippen molar-refractivity contribution in [1.82, 2.24) is 9.38 Å². The van der Waals surface area contributed by atoms with Gasteiger partial charge in [-0.05, 0) is 31.2 Å². The largest absolute Gasteiger partial charge is 0.325 e. The van der Waals surface area contributed by atoms with Gasteiger partial charge in [0.1, 0.15) is 17.9 Å². The molecule has 134 valence electrons. The normalized spacial score (nSPS) is 12.1. The molecule has 1 unspecified atom stereocenters. The Morgan fingerprint density at radius 2 is 2.00 bits per heavy atom. The van der Waals surface area contributed by atoms with Crippen molar-refractivity contribution in [1.29, 1.82) is 0 Å². The van der Waals surface area contributed by atoms with Crippen molar-refractivity contribution in [3.8, 4) is 0 Å². The van der Waals surface area contributed by atoms with Crippen LogP contribution in [0.25, 0.3) is 5.65 Å². The van der Waals surface area contributed by atoms with Crippen LogP contribution in [0.5, 0.6) is 0 Å². The number of halogens is 1. The summed E-state index contributed by atoms with van der Waals surface area (Å²) in [7, 11) is 1.88. The number of fused-ring (bicyclic) bond motifs is 1. The van der Waals surface area contributed by atoms with Crippen LogP contribution < -0.4 is 15.8 Å². The molecular weight excluding hydrogens is 352 g/mol. The minimum absolute atomic E-state index is 0.114. The van der Waals surface area contributed by atoms with Gasteiger partial charge >= 0.3 is 0 Å². The van der Waals surface area contributed by atoms with Gasteiger partial charge in [0.05, 0.1) is 17.8 Å². The van der Waals surface area contributed by atoms with Gasteiger partial charge in [-0.3, -0.25) is 14.0 Å². The molecule has 26 heavy (non-hydrogen) atoms. The first kappa shape index (κ1) is 18.1. The van der Waals surface area contributed by atoms with Crippen LogP contribution in [0.4, 0.5) is 5.69 Å². The van der Waals surface area contributed by atoms with E-state index in [-0.39, 0.29) is 18.0 Å². The number of aromatic nitrogens is 2. The van der Waals surface area contributed by atoms with Crippen LogP contribution in [0.2, 0.25) is 5.02 Å². The Morgan fingerprint density at radius 3 is 2.77 bits per heavy atom. The SMILES string of the molecule is Cc1cccc2nc(C[NH+](C)CC(=O)Nc3ccccc3Cl)cc(=O)n12. The lowest BCUT2D eigenvalue weighted by atomic mass is 10.3. The molecule has 2 heterocycles. The molecule has 2 aromatic heterocycles. The molecule has 0 fully saturated rings. The van der Waals surface area contributed by atoms with Gasteiger partial charge in [-0.15, -0.1) is 0 Å². The fourth-order valence-electron chi connectivity index (χ4n) is 2.86. The number of pyridine rings is 1. The summed E-state index contributed by atoms with van der Waals surface area (Å²) < 4.78 is 1.57. The lowest BCUT2D eigenvalue weighted by Crippen LogP contribution is -3.08. The first-order valence-corrected chi connectivity index (χ1v) is 8.66. The van der Waals surface area contributed by atoms with E-state index in [4.69, 9.17) is 11.6 Å². The quantitative estimate of drug-likeness (QED) is 0.710. The predicted molar refractivity (Wildman–Crippen MR) is 102 cm³/mol. The second-order valence-corrected chi connectivity index (χ2v) is 6.69. The summed E-state index contributed by atoms with van der Waals surface area (Å²) in [6.07, 6.45) is 0. The maximum absolute atomic E-state index is 12.3. The Hall–Kier alpha value is -2.70. The van der Waals surface area contributed by atoms with Crippen LogP contribution in [-0.4, -0.2) is 28.9 Å². The summed E-state index contributed by atoms with van der Waals surface area (Å²) >= 11 is 6.05. The third-order valence-electron chi connectivity index (χ3n) is 4.03. The highest BCUT2D eigenvalue weighted by atomic mass is 35.5. The number of nitrogens with zero attached hydrogens (tertiary/aromatic N) is 2. The van der Waals surface area contributed by atoms with Gasteiger partial charge in [-0.2, -0.15) is 0 Å². The average Bonchev–Trinajstić information content (AvgIpc) is 2.56. The Labute approximate surface area is 156 Å². The molecule has 0 saturated carbocycles. The molecular formula is C19H20ClN4O2+. The van der Waals surface area contributed by atoms with Crippen molar-refractivity contribution in [2.75, 3.05) is 18.9 Å². The minimum Gasteiger partial charge on any atom is -0.325 e. The fraction of sp³-hybridized carbons (Fsp3) is 0.211. The number of amides is 1. The van der Waals surface area contributed by atoms with Gasteiger partial charge in [0.2, 0.25) is 0 Å². The molecule has 3 rings (SSSR count). The number of quaternary nitrogens is 1. The first-order valence-electron chi connectivity index (χ1n) is 8.28. The number of carbonyl (C=O) groups is 1. The molecule has 0 spiro atoms. The van der Waals surface area contributed by atoms with E-state index in [0.29, 0.717) is 28.6 Å². The molecule has 0 aliphatic heterocycles. The molecule has 1 atom stereocenters. The van der Waals surface area contributed by atoms with Crippen LogP contribution in [0.1, 0.15) is 11.4 Å². The van der Waals surface area contributed by atoms with Crippen molar-refractivity contribution in [3.63, 3.8) is 0 Å². The minimum atomic E-state index is -0.149. The second kappa shape index (κ2) is 7.68. The maximum atomic E-state index is 12.3. The van der Waals surface area contributed by atoms with Gasteiger partial charge in [0.15, 0.2) is 6.54 Å². The van der Waals surface area contributed by atoms with Crippen molar-refractivity contribution in [3.05, 3.63) is 75.3 Å². The van der Waals surface area contributed by atoms with E-state index in [2.05, 4.69) is 10.3 Å². The monoisotopic (exact) mass is 371 g/mol. The molecule has 6 nitrogen and oxygen atoms in total. The smallest absolute Gasteiger partial charge is 0.279 e. The van der Waals surface area contributed by atoms with Gasteiger partial charge < -0.3 is 10.2 Å². The number of hydrogen-bond donors (Lipinski definition) is 2. The third-order valence-corrected chi connectivity index (χ3v) is 4.36. The van der Waals surface area contributed by atoms with Crippen LogP contribution >= 0.6 is 11.6 Å². The second-order valence-electron chi connectivity index (χ2n) is 6.29. The van der Waals surface area contributed by atoms with Gasteiger partial charge in [-0.1, -0.05) is 29.8 Å². The van der Waals surface area contributed by atoms with Crippen molar-refractivity contribution < 1.29 is 9.69 Å². The summed E-state index contributed by atoms with van der Waals surface area (Å²) in [4.78, 5) is 30.0. The van der Waals surface area contributed by atoms with Crippen molar-refractivity contribution >= 4 is 28.8 Å². The van der Waals surface area contributed by atoms with E-state index >= 15 is 0 Å². The summed E-state index contributed by atoms with van der Waals surface area (Å²) in [6, 6.07) is 14.2. The van der Waals surface area contributed by atoms with E-state index in [1.54, 1.807) is 28.7 Å². The zero-order valence-electron chi connectivity index (χ0n) is 14.6. The number of carbonyl (C=O) groups excluding carboxylic acids is 1. The number of likely N-dealkylation sites (N-methyl/N-ethyl adjacent to an activating group) is 1. The summed E-state index contributed by atoms with van der Waals surface area (Å²) in [5.74, 6) is -0.149. The number of para-hydroxylation sites is 1. The first-order chi connectivity index (χ1) is 12.4.